The van der Waals surface area contributed by atoms with Crippen molar-refractivity contribution in [3.05, 3.63) is 80.0 Å². The van der Waals surface area contributed by atoms with Crippen LogP contribution in [-0.2, 0) is 17.1 Å². The number of sulfonamides is 1. The molecule has 0 bridgehead atoms. The molecule has 0 amide bonds. The molecule has 0 radical (unpaired) electrons. The van der Waals surface area contributed by atoms with Crippen molar-refractivity contribution in [2.75, 3.05) is 0 Å². The van der Waals surface area contributed by atoms with Gasteiger partial charge in [0.05, 0.1) is 29.2 Å². The summed E-state index contributed by atoms with van der Waals surface area (Å²) in [5.41, 5.74) is 6.19. The number of hydrogen-bond acceptors (Lipinski definition) is 5. The van der Waals surface area contributed by atoms with E-state index in [1.807, 2.05) is 12.1 Å². The van der Waals surface area contributed by atoms with E-state index in [0.29, 0.717) is 44.2 Å². The van der Waals surface area contributed by atoms with Crippen molar-refractivity contribution in [1.29, 1.82) is 0 Å². The van der Waals surface area contributed by atoms with Gasteiger partial charge < -0.3 is 5.43 Å². The molecule has 2 N–H and O–H groups in total. The van der Waals surface area contributed by atoms with E-state index in [1.54, 1.807) is 55.9 Å². The number of hydrazone groups is 1. The van der Waals surface area contributed by atoms with Crippen LogP contribution in [0.1, 0.15) is 41.0 Å². The summed E-state index contributed by atoms with van der Waals surface area (Å²) in [6.45, 7) is 3.38. The number of aryl methyl sites for hydroxylation is 2. The summed E-state index contributed by atoms with van der Waals surface area (Å²) < 4.78 is 31.3. The first-order valence-corrected chi connectivity index (χ1v) is 12.7. The Morgan fingerprint density at radius 3 is 2.36 bits per heavy atom. The smallest absolute Gasteiger partial charge is 0.245 e. The lowest BCUT2D eigenvalue weighted by Gasteiger charge is -2.21. The fourth-order valence-corrected chi connectivity index (χ4v) is 6.22. The van der Waals surface area contributed by atoms with Gasteiger partial charge in [0.1, 0.15) is 4.90 Å². The van der Waals surface area contributed by atoms with Crippen LogP contribution in [0.5, 0.6) is 0 Å². The third-order valence-corrected chi connectivity index (χ3v) is 8.13. The van der Waals surface area contributed by atoms with Crippen LogP contribution in [0.25, 0.3) is 0 Å². The second-order valence-electron chi connectivity index (χ2n) is 7.88. The quantitative estimate of drug-likeness (QED) is 0.467. The second kappa shape index (κ2) is 9.27. The lowest BCUT2D eigenvalue weighted by Crippen LogP contribution is -2.34. The number of aromatic nitrogens is 2. The molecule has 7 nitrogen and oxygen atoms in total. The van der Waals surface area contributed by atoms with Gasteiger partial charge in [-0.05, 0) is 49.2 Å². The van der Waals surface area contributed by atoms with Gasteiger partial charge >= 0.3 is 0 Å². The molecule has 0 spiro atoms. The molecule has 0 fully saturated rings. The average Bonchev–Trinajstić information content (AvgIpc) is 3.32. The highest BCUT2D eigenvalue weighted by molar-refractivity contribution is 7.89. The summed E-state index contributed by atoms with van der Waals surface area (Å²) in [6.07, 6.45) is 0.471. The van der Waals surface area contributed by atoms with Crippen molar-refractivity contribution in [3.63, 3.8) is 0 Å². The molecule has 33 heavy (non-hydrogen) atoms. The predicted octanol–water partition coefficient (Wildman–Crippen LogP) is 5.11. The Morgan fingerprint density at radius 1 is 1.09 bits per heavy atom. The largest absolute Gasteiger partial charge is 0.302 e. The van der Waals surface area contributed by atoms with Crippen molar-refractivity contribution in [2.45, 2.75) is 37.2 Å². The third-order valence-electron chi connectivity index (χ3n) is 5.64. The highest BCUT2D eigenvalue weighted by Gasteiger charge is 2.34. The molecular weight excluding hydrogens is 505 g/mol. The van der Waals surface area contributed by atoms with E-state index in [9.17, 15) is 8.42 Å². The number of rotatable bonds is 6. The van der Waals surface area contributed by atoms with E-state index < -0.39 is 16.1 Å². The molecule has 2 unspecified atom stereocenters. The van der Waals surface area contributed by atoms with Crippen LogP contribution in [-0.4, -0.2) is 23.9 Å². The predicted molar refractivity (Wildman–Crippen MR) is 132 cm³/mol. The fourth-order valence-electron chi connectivity index (χ4n) is 3.93. The fraction of sp³-hybridized carbons (Fsp3) is 0.273. The normalized spacial score (nSPS) is 17.0. The number of nitrogens with zero attached hydrogens (tertiary/aromatic N) is 3. The van der Waals surface area contributed by atoms with E-state index in [2.05, 4.69) is 20.3 Å². The lowest BCUT2D eigenvalue weighted by atomic mass is 9.96. The highest BCUT2D eigenvalue weighted by atomic mass is 35.5. The van der Waals surface area contributed by atoms with Crippen LogP contribution >= 0.6 is 34.8 Å². The zero-order valence-electron chi connectivity index (χ0n) is 18.1. The van der Waals surface area contributed by atoms with E-state index in [-0.39, 0.29) is 10.9 Å². The Morgan fingerprint density at radius 2 is 1.76 bits per heavy atom. The molecule has 2 aromatic carbocycles. The van der Waals surface area contributed by atoms with Gasteiger partial charge in [-0.3, -0.25) is 4.68 Å². The van der Waals surface area contributed by atoms with Gasteiger partial charge in [0.25, 0.3) is 0 Å². The first kappa shape index (κ1) is 24.0. The van der Waals surface area contributed by atoms with Crippen LogP contribution in [0.15, 0.2) is 52.5 Å². The van der Waals surface area contributed by atoms with Gasteiger partial charge in [-0.25, -0.2) is 8.42 Å². The molecule has 0 saturated heterocycles. The molecule has 4 rings (SSSR count). The van der Waals surface area contributed by atoms with Gasteiger partial charge in [-0.1, -0.05) is 53.0 Å². The molecular formula is C22H22Cl3N5O2S. The highest BCUT2D eigenvalue weighted by Crippen LogP contribution is 2.34. The van der Waals surface area contributed by atoms with Crippen molar-refractivity contribution in [3.8, 4) is 0 Å². The molecule has 11 heteroatoms. The second-order valence-corrected chi connectivity index (χ2v) is 10.8. The van der Waals surface area contributed by atoms with Gasteiger partial charge in [0, 0.05) is 28.5 Å². The zero-order chi connectivity index (χ0) is 23.9. The van der Waals surface area contributed by atoms with Crippen LogP contribution in [0, 0.1) is 13.8 Å². The van der Waals surface area contributed by atoms with E-state index in [1.165, 1.54) is 0 Å². The van der Waals surface area contributed by atoms with Crippen LogP contribution in [0.2, 0.25) is 15.1 Å². The maximum absolute atomic E-state index is 13.5. The minimum absolute atomic E-state index is 0.128. The molecule has 174 valence electrons. The minimum Gasteiger partial charge on any atom is -0.302 e. The maximum Gasteiger partial charge on any atom is 0.245 e. The van der Waals surface area contributed by atoms with E-state index in [4.69, 9.17) is 34.8 Å². The summed E-state index contributed by atoms with van der Waals surface area (Å²) in [5, 5.41) is 10.2. The Kier molecular flexibility index (Phi) is 6.75. The van der Waals surface area contributed by atoms with Gasteiger partial charge in [0.15, 0.2) is 0 Å². The van der Waals surface area contributed by atoms with Crippen molar-refractivity contribution < 1.29 is 8.42 Å². The van der Waals surface area contributed by atoms with Gasteiger partial charge in [-0.15, -0.1) is 0 Å². The molecule has 1 aliphatic rings. The standard InChI is InChI=1S/C22H22Cl3N5O2S/c1-12-22(13(2)30(3)28-12)33(31,32)29-21(17-9-8-16(24)10-18(17)25)20-11-19(26-27-20)14-4-6-15(23)7-5-14/h4-10,19,21,26,29H,11H2,1-3H3. The number of nitrogens with one attached hydrogen (secondary N) is 2. The number of benzene rings is 2. The van der Waals surface area contributed by atoms with E-state index >= 15 is 0 Å². The molecule has 0 aliphatic carbocycles. The summed E-state index contributed by atoms with van der Waals surface area (Å²) in [6, 6.07) is 11.5. The third kappa shape index (κ3) is 4.90. The summed E-state index contributed by atoms with van der Waals surface area (Å²) in [4.78, 5) is 0.140. The van der Waals surface area contributed by atoms with Gasteiger partial charge in [-0.2, -0.15) is 14.9 Å². The van der Waals surface area contributed by atoms with Crippen LogP contribution in [0.3, 0.4) is 0 Å². The Labute approximate surface area is 207 Å². The Bertz CT molecular complexity index is 1340. The zero-order valence-corrected chi connectivity index (χ0v) is 21.2. The Hall–Kier alpha value is -2.10. The number of hydrogen-bond donors (Lipinski definition) is 2. The summed E-state index contributed by atoms with van der Waals surface area (Å²) >= 11 is 18.6. The lowest BCUT2D eigenvalue weighted by molar-refractivity contribution is 0.574. The molecule has 0 saturated carbocycles. The van der Waals surface area contributed by atoms with Gasteiger partial charge in [0.2, 0.25) is 10.0 Å². The number of halogens is 3. The molecule has 1 aromatic heterocycles. The monoisotopic (exact) mass is 525 g/mol. The van der Waals surface area contributed by atoms with Crippen molar-refractivity contribution >= 4 is 50.5 Å². The first-order chi connectivity index (χ1) is 15.6. The molecule has 2 heterocycles. The molecule has 2 atom stereocenters. The molecule has 3 aromatic rings. The van der Waals surface area contributed by atoms with E-state index in [0.717, 1.165) is 5.56 Å². The SMILES string of the molecule is Cc1nn(C)c(C)c1S(=O)(=O)NC(C1=NNC(c2ccc(Cl)cc2)C1)c1ccc(Cl)cc1Cl. The van der Waals surface area contributed by atoms with Crippen LogP contribution in [0.4, 0.5) is 0 Å². The minimum atomic E-state index is -3.95. The topological polar surface area (TPSA) is 88.4 Å². The average molecular weight is 527 g/mol. The van der Waals surface area contributed by atoms with Crippen molar-refractivity contribution in [1.82, 2.24) is 19.9 Å². The van der Waals surface area contributed by atoms with Crippen LogP contribution < -0.4 is 10.1 Å². The first-order valence-electron chi connectivity index (χ1n) is 10.1. The summed E-state index contributed by atoms with van der Waals surface area (Å²) in [5.74, 6) is 0. The summed E-state index contributed by atoms with van der Waals surface area (Å²) in [7, 11) is -2.25. The molecule has 1 aliphatic heterocycles. The maximum atomic E-state index is 13.5. The Balaban J connectivity index is 1.71. The van der Waals surface area contributed by atoms with Crippen molar-refractivity contribution in [2.24, 2.45) is 12.1 Å².